The topological polar surface area (TPSA) is 83.6 Å². The number of Topliss-reactive ketones (excluding diaryl/α,β-unsaturated/α-hetero) is 1. The maximum atomic E-state index is 12.5. The highest BCUT2D eigenvalue weighted by Crippen LogP contribution is 2.21. The molecule has 146 valence electrons. The first-order chi connectivity index (χ1) is 13.4. The van der Waals surface area contributed by atoms with Gasteiger partial charge < -0.3 is 14.0 Å². The van der Waals surface area contributed by atoms with E-state index in [1.54, 1.807) is 25.1 Å². The summed E-state index contributed by atoms with van der Waals surface area (Å²) < 4.78 is 17.4. The van der Waals surface area contributed by atoms with Crippen LogP contribution in [0.25, 0.3) is 5.82 Å². The van der Waals surface area contributed by atoms with Crippen LogP contribution in [0.15, 0.2) is 40.9 Å². The molecule has 0 saturated heterocycles. The molecule has 7 nitrogen and oxygen atoms in total. The van der Waals surface area contributed by atoms with Crippen molar-refractivity contribution in [3.63, 3.8) is 0 Å². The van der Waals surface area contributed by atoms with Gasteiger partial charge in [0.05, 0.1) is 0 Å². The minimum absolute atomic E-state index is 0.255. The monoisotopic (exact) mass is 382 g/mol. The highest BCUT2D eigenvalue weighted by Gasteiger charge is 2.19. The quantitative estimate of drug-likeness (QED) is 0.459. The van der Waals surface area contributed by atoms with Crippen molar-refractivity contribution in [2.75, 3.05) is 13.2 Å². The van der Waals surface area contributed by atoms with Gasteiger partial charge in [-0.3, -0.25) is 9.36 Å². The van der Waals surface area contributed by atoms with Gasteiger partial charge in [-0.1, -0.05) is 23.4 Å². The number of nitrogens with zero attached hydrogens (tertiary/aromatic N) is 2. The van der Waals surface area contributed by atoms with Crippen LogP contribution in [-0.2, 0) is 9.53 Å². The zero-order valence-electron chi connectivity index (χ0n) is 16.3. The summed E-state index contributed by atoms with van der Waals surface area (Å²) in [4.78, 5) is 24.4. The van der Waals surface area contributed by atoms with Gasteiger partial charge in [0.2, 0.25) is 5.78 Å². The van der Waals surface area contributed by atoms with E-state index in [1.807, 2.05) is 43.5 Å². The number of aryl methyl sites for hydroxylation is 3. The van der Waals surface area contributed by atoms with Crippen molar-refractivity contribution < 1.29 is 23.6 Å². The number of rotatable bonds is 7. The van der Waals surface area contributed by atoms with E-state index in [2.05, 4.69) is 5.16 Å². The second kappa shape index (κ2) is 8.12. The van der Waals surface area contributed by atoms with Crippen molar-refractivity contribution in [3.8, 4) is 11.6 Å². The van der Waals surface area contributed by atoms with Crippen molar-refractivity contribution >= 4 is 11.8 Å². The normalized spacial score (nSPS) is 10.7. The number of hydrogen-bond donors (Lipinski definition) is 0. The zero-order chi connectivity index (χ0) is 20.3. The van der Waals surface area contributed by atoms with Crippen LogP contribution >= 0.6 is 0 Å². The first kappa shape index (κ1) is 19.4. The first-order valence-electron chi connectivity index (χ1n) is 8.86. The molecule has 2 aromatic heterocycles. The minimum atomic E-state index is -0.600. The maximum Gasteiger partial charge on any atom is 0.344 e. The molecule has 0 saturated carbocycles. The SMILES string of the molecule is Cc1cc(-n2c(C)cc(C(=O)COC(=O)COc3ccccc3C)c2C)no1. The summed E-state index contributed by atoms with van der Waals surface area (Å²) in [6.45, 7) is 6.77. The van der Waals surface area contributed by atoms with E-state index in [-0.39, 0.29) is 19.0 Å². The molecule has 0 fully saturated rings. The third-order valence-corrected chi connectivity index (χ3v) is 4.38. The van der Waals surface area contributed by atoms with E-state index < -0.39 is 5.97 Å². The Bertz CT molecular complexity index is 1020. The van der Waals surface area contributed by atoms with Gasteiger partial charge in [-0.15, -0.1) is 0 Å². The molecule has 0 radical (unpaired) electrons. The Morgan fingerprint density at radius 1 is 1.07 bits per heavy atom. The highest BCUT2D eigenvalue weighted by molar-refractivity contribution is 5.99. The van der Waals surface area contributed by atoms with Crippen molar-refractivity contribution in [2.45, 2.75) is 27.7 Å². The fourth-order valence-electron chi connectivity index (χ4n) is 2.98. The van der Waals surface area contributed by atoms with E-state index in [1.165, 1.54) is 0 Å². The molecule has 0 N–H and O–H groups in total. The number of hydrogen-bond acceptors (Lipinski definition) is 6. The van der Waals surface area contributed by atoms with Crippen molar-refractivity contribution in [3.05, 3.63) is 64.7 Å². The Balaban J connectivity index is 1.61. The molecule has 0 atom stereocenters. The summed E-state index contributed by atoms with van der Waals surface area (Å²) in [6.07, 6.45) is 0. The average molecular weight is 382 g/mol. The fourth-order valence-corrected chi connectivity index (χ4v) is 2.98. The molecular weight excluding hydrogens is 360 g/mol. The van der Waals surface area contributed by atoms with Gasteiger partial charge in [0, 0.05) is 23.0 Å². The van der Waals surface area contributed by atoms with E-state index in [4.69, 9.17) is 14.0 Å². The molecule has 3 rings (SSSR count). The lowest BCUT2D eigenvalue weighted by atomic mass is 10.1. The molecule has 1 aromatic carbocycles. The molecule has 0 aliphatic carbocycles. The number of benzene rings is 1. The summed E-state index contributed by atoms with van der Waals surface area (Å²) in [5.74, 6) is 1.01. The van der Waals surface area contributed by atoms with Gasteiger partial charge in [0.25, 0.3) is 0 Å². The van der Waals surface area contributed by atoms with Crippen LogP contribution in [-0.4, -0.2) is 34.7 Å². The molecule has 3 aromatic rings. The predicted octanol–water partition coefficient (Wildman–Crippen LogP) is 3.50. The number of esters is 1. The molecule has 0 bridgehead atoms. The van der Waals surface area contributed by atoms with Gasteiger partial charge >= 0.3 is 5.97 Å². The molecule has 28 heavy (non-hydrogen) atoms. The Hall–Kier alpha value is -3.35. The van der Waals surface area contributed by atoms with Crippen LogP contribution in [0.5, 0.6) is 5.75 Å². The smallest absolute Gasteiger partial charge is 0.344 e. The predicted molar refractivity (Wildman–Crippen MR) is 102 cm³/mol. The van der Waals surface area contributed by atoms with Crippen LogP contribution in [0.3, 0.4) is 0 Å². The largest absolute Gasteiger partial charge is 0.482 e. The van der Waals surface area contributed by atoms with Gasteiger partial charge in [-0.2, -0.15) is 0 Å². The summed E-state index contributed by atoms with van der Waals surface area (Å²) in [7, 11) is 0. The van der Waals surface area contributed by atoms with E-state index in [9.17, 15) is 9.59 Å². The highest BCUT2D eigenvalue weighted by atomic mass is 16.6. The lowest BCUT2D eigenvalue weighted by Crippen LogP contribution is -2.20. The molecule has 0 amide bonds. The van der Waals surface area contributed by atoms with Crippen LogP contribution in [0, 0.1) is 27.7 Å². The Labute approximate surface area is 162 Å². The van der Waals surface area contributed by atoms with E-state index >= 15 is 0 Å². The number of ketones is 1. The second-order valence-electron chi connectivity index (χ2n) is 6.55. The number of carbonyl (C=O) groups excluding carboxylic acids is 2. The lowest BCUT2D eigenvalue weighted by Gasteiger charge is -2.09. The van der Waals surface area contributed by atoms with Gasteiger partial charge in [-0.05, 0) is 45.4 Å². The Morgan fingerprint density at radius 2 is 1.82 bits per heavy atom. The van der Waals surface area contributed by atoms with Gasteiger partial charge in [-0.25, -0.2) is 4.79 Å². The second-order valence-corrected chi connectivity index (χ2v) is 6.55. The van der Waals surface area contributed by atoms with Crippen LogP contribution in [0.4, 0.5) is 0 Å². The average Bonchev–Trinajstić information content (AvgIpc) is 3.21. The lowest BCUT2D eigenvalue weighted by molar-refractivity contribution is -0.144. The summed E-state index contributed by atoms with van der Waals surface area (Å²) in [5, 5.41) is 3.99. The third-order valence-electron chi connectivity index (χ3n) is 4.38. The van der Waals surface area contributed by atoms with Gasteiger partial charge in [0.1, 0.15) is 11.5 Å². The molecular formula is C21H22N2O5. The number of aromatic nitrogens is 2. The standard InChI is InChI=1S/C21H22N2O5/c1-13-7-5-6-8-19(13)26-12-21(25)27-11-18(24)17-9-14(2)23(16(17)4)20-10-15(3)28-22-20/h5-10H,11-12H2,1-4H3. The molecule has 0 unspecified atom stereocenters. The van der Waals surface area contributed by atoms with Crippen molar-refractivity contribution in [1.29, 1.82) is 0 Å². The Morgan fingerprint density at radius 3 is 2.50 bits per heavy atom. The number of carbonyl (C=O) groups is 2. The molecule has 7 heteroatoms. The van der Waals surface area contributed by atoms with Crippen LogP contribution in [0.2, 0.25) is 0 Å². The fraction of sp³-hybridized carbons (Fsp3) is 0.286. The molecule has 0 aliphatic rings. The zero-order valence-corrected chi connectivity index (χ0v) is 16.3. The molecule has 0 aliphatic heterocycles. The van der Waals surface area contributed by atoms with Crippen molar-refractivity contribution in [1.82, 2.24) is 9.72 Å². The van der Waals surface area contributed by atoms with E-state index in [0.29, 0.717) is 28.6 Å². The van der Waals surface area contributed by atoms with E-state index in [0.717, 1.165) is 11.3 Å². The summed E-state index contributed by atoms with van der Waals surface area (Å²) in [6, 6.07) is 10.9. The van der Waals surface area contributed by atoms with Gasteiger partial charge in [0.15, 0.2) is 19.0 Å². The summed E-state index contributed by atoms with van der Waals surface area (Å²) >= 11 is 0. The van der Waals surface area contributed by atoms with Crippen LogP contribution in [0.1, 0.15) is 33.1 Å². The third kappa shape index (κ3) is 4.14. The Kier molecular flexibility index (Phi) is 5.63. The van der Waals surface area contributed by atoms with Crippen LogP contribution < -0.4 is 4.74 Å². The molecule has 2 heterocycles. The number of para-hydroxylation sites is 1. The summed E-state index contributed by atoms with van der Waals surface area (Å²) in [5.41, 5.74) is 2.94. The maximum absolute atomic E-state index is 12.5. The molecule has 0 spiro atoms. The first-order valence-corrected chi connectivity index (χ1v) is 8.86. The van der Waals surface area contributed by atoms with Crippen molar-refractivity contribution in [2.24, 2.45) is 0 Å². The number of ether oxygens (including phenoxy) is 2. The minimum Gasteiger partial charge on any atom is -0.482 e.